The minimum absolute atomic E-state index is 0.00453. The van der Waals surface area contributed by atoms with E-state index in [1.165, 1.54) is 32.3 Å². The highest BCUT2D eigenvalue weighted by Crippen LogP contribution is 2.26. The summed E-state index contributed by atoms with van der Waals surface area (Å²) >= 11 is 5.95. The van der Waals surface area contributed by atoms with Crippen LogP contribution in [0, 0.1) is 0 Å². The Bertz CT molecular complexity index is 1080. The highest BCUT2D eigenvalue weighted by molar-refractivity contribution is 7.89. The van der Waals surface area contributed by atoms with Crippen LogP contribution < -0.4 is 15.4 Å². The molecule has 0 aromatic heterocycles. The number of esters is 1. The molecular weight excluding hydrogens is 462 g/mol. The van der Waals surface area contributed by atoms with E-state index < -0.39 is 41.0 Å². The van der Waals surface area contributed by atoms with Gasteiger partial charge in [-0.05, 0) is 30.3 Å². The third-order valence-electron chi connectivity index (χ3n) is 3.88. The van der Waals surface area contributed by atoms with Crippen LogP contribution in [0.2, 0.25) is 5.02 Å². The van der Waals surface area contributed by atoms with Gasteiger partial charge < -0.3 is 20.1 Å². The van der Waals surface area contributed by atoms with Crippen LogP contribution in [-0.2, 0) is 29.1 Å². The number of carbonyl (C=O) groups excluding carboxylic acids is 3. The summed E-state index contributed by atoms with van der Waals surface area (Å²) < 4.78 is 35.6. The number of hydrogen-bond donors (Lipinski definition) is 2. The summed E-state index contributed by atoms with van der Waals surface area (Å²) in [6.45, 7) is -1.36. The molecule has 0 saturated heterocycles. The molecule has 0 aliphatic carbocycles. The number of hydrogen-bond acceptors (Lipinski definition) is 7. The van der Waals surface area contributed by atoms with Gasteiger partial charge in [0.1, 0.15) is 17.2 Å². The number of anilines is 1. The predicted molar refractivity (Wildman–Crippen MR) is 117 cm³/mol. The van der Waals surface area contributed by atoms with Crippen molar-refractivity contribution in [1.82, 2.24) is 9.62 Å². The lowest BCUT2D eigenvalue weighted by molar-refractivity contribution is -0.147. The molecule has 2 amide bonds. The SMILES string of the molecule is CN(C)S(=O)(=O)c1cc(NC(=O)COC(=O)CNC(=O)COc2ccccc2)ccc1Cl. The molecule has 0 aliphatic heterocycles. The maximum absolute atomic E-state index is 12.3. The first-order chi connectivity index (χ1) is 15.1. The summed E-state index contributed by atoms with van der Waals surface area (Å²) in [6, 6.07) is 12.6. The van der Waals surface area contributed by atoms with Crippen LogP contribution in [0.15, 0.2) is 53.4 Å². The van der Waals surface area contributed by atoms with E-state index in [0.29, 0.717) is 5.75 Å². The fraction of sp³-hybridized carbons (Fsp3) is 0.250. The first kappa shape index (κ1) is 25.1. The van der Waals surface area contributed by atoms with Crippen LogP contribution in [0.25, 0.3) is 0 Å². The minimum atomic E-state index is -3.82. The van der Waals surface area contributed by atoms with Crippen LogP contribution in [0.1, 0.15) is 0 Å². The smallest absolute Gasteiger partial charge is 0.325 e. The van der Waals surface area contributed by atoms with Crippen molar-refractivity contribution >= 4 is 45.1 Å². The number of carbonyl (C=O) groups is 3. The normalized spacial score (nSPS) is 11.0. The van der Waals surface area contributed by atoms with Gasteiger partial charge in [-0.15, -0.1) is 0 Å². The van der Waals surface area contributed by atoms with E-state index in [4.69, 9.17) is 21.1 Å². The van der Waals surface area contributed by atoms with Crippen molar-refractivity contribution in [1.29, 1.82) is 0 Å². The average Bonchev–Trinajstić information content (AvgIpc) is 2.76. The Labute approximate surface area is 190 Å². The molecule has 32 heavy (non-hydrogen) atoms. The van der Waals surface area contributed by atoms with Crippen molar-refractivity contribution < 1.29 is 32.3 Å². The summed E-state index contributed by atoms with van der Waals surface area (Å²) in [7, 11) is -1.12. The summed E-state index contributed by atoms with van der Waals surface area (Å²) in [5.74, 6) is -1.57. The molecule has 0 spiro atoms. The van der Waals surface area contributed by atoms with E-state index in [-0.39, 0.29) is 22.2 Å². The Kier molecular flexibility index (Phi) is 9.00. The van der Waals surface area contributed by atoms with Crippen LogP contribution in [0.5, 0.6) is 5.75 Å². The van der Waals surface area contributed by atoms with Crippen LogP contribution in [-0.4, -0.2) is 64.4 Å². The van der Waals surface area contributed by atoms with Gasteiger partial charge in [-0.1, -0.05) is 29.8 Å². The second-order valence-electron chi connectivity index (χ2n) is 6.52. The summed E-state index contributed by atoms with van der Waals surface area (Å²) in [5.41, 5.74) is 0.155. The number of halogens is 1. The molecule has 12 heteroatoms. The van der Waals surface area contributed by atoms with Gasteiger partial charge in [0.15, 0.2) is 13.2 Å². The van der Waals surface area contributed by atoms with Crippen molar-refractivity contribution in [2.75, 3.05) is 39.2 Å². The van der Waals surface area contributed by atoms with E-state index >= 15 is 0 Å². The molecule has 2 N–H and O–H groups in total. The Morgan fingerprint density at radius 1 is 1.00 bits per heavy atom. The summed E-state index contributed by atoms with van der Waals surface area (Å²) in [4.78, 5) is 35.3. The molecule has 0 aliphatic rings. The number of nitrogens with zero attached hydrogens (tertiary/aromatic N) is 1. The molecule has 0 fully saturated rings. The molecular formula is C20H22ClN3O7S. The molecule has 0 atom stereocenters. The zero-order chi connectivity index (χ0) is 23.7. The quantitative estimate of drug-likeness (QED) is 0.486. The van der Waals surface area contributed by atoms with Gasteiger partial charge in [-0.2, -0.15) is 0 Å². The first-order valence-electron chi connectivity index (χ1n) is 9.21. The number of amides is 2. The molecule has 10 nitrogen and oxygen atoms in total. The second-order valence-corrected chi connectivity index (χ2v) is 9.05. The van der Waals surface area contributed by atoms with Crippen LogP contribution in [0.4, 0.5) is 5.69 Å². The van der Waals surface area contributed by atoms with E-state index in [1.807, 2.05) is 0 Å². The molecule has 0 saturated carbocycles. The van der Waals surface area contributed by atoms with Gasteiger partial charge >= 0.3 is 5.97 Å². The van der Waals surface area contributed by atoms with E-state index in [1.54, 1.807) is 30.3 Å². The van der Waals surface area contributed by atoms with Gasteiger partial charge in [0, 0.05) is 19.8 Å². The van der Waals surface area contributed by atoms with E-state index in [9.17, 15) is 22.8 Å². The molecule has 172 valence electrons. The lowest BCUT2D eigenvalue weighted by atomic mass is 10.3. The lowest BCUT2D eigenvalue weighted by Gasteiger charge is -2.14. The highest BCUT2D eigenvalue weighted by Gasteiger charge is 2.21. The van der Waals surface area contributed by atoms with Crippen LogP contribution in [0.3, 0.4) is 0 Å². The molecule has 0 radical (unpaired) electrons. The topological polar surface area (TPSA) is 131 Å². The van der Waals surface area contributed by atoms with Crippen molar-refractivity contribution in [2.45, 2.75) is 4.90 Å². The van der Waals surface area contributed by atoms with Gasteiger partial charge in [0.25, 0.3) is 11.8 Å². The number of sulfonamides is 1. The van der Waals surface area contributed by atoms with Gasteiger partial charge in [-0.25, -0.2) is 12.7 Å². The van der Waals surface area contributed by atoms with Gasteiger partial charge in [-0.3, -0.25) is 14.4 Å². The molecule has 2 rings (SSSR count). The molecule has 2 aromatic carbocycles. The minimum Gasteiger partial charge on any atom is -0.484 e. The van der Waals surface area contributed by atoms with Crippen molar-refractivity contribution in [3.8, 4) is 5.75 Å². The van der Waals surface area contributed by atoms with Gasteiger partial charge in [0.2, 0.25) is 10.0 Å². The van der Waals surface area contributed by atoms with E-state index in [0.717, 1.165) is 4.31 Å². The average molecular weight is 484 g/mol. The molecule has 0 bridgehead atoms. The number of ether oxygens (including phenoxy) is 2. The van der Waals surface area contributed by atoms with E-state index in [2.05, 4.69) is 10.6 Å². The number of nitrogens with one attached hydrogen (secondary N) is 2. The van der Waals surface area contributed by atoms with Crippen molar-refractivity contribution in [3.63, 3.8) is 0 Å². The third kappa shape index (κ3) is 7.52. The lowest BCUT2D eigenvalue weighted by Crippen LogP contribution is -2.35. The fourth-order valence-electron chi connectivity index (χ4n) is 2.26. The number of rotatable bonds is 10. The van der Waals surface area contributed by atoms with Gasteiger partial charge in [0.05, 0.1) is 5.02 Å². The number of benzene rings is 2. The highest BCUT2D eigenvalue weighted by atomic mass is 35.5. The Morgan fingerprint density at radius 2 is 1.69 bits per heavy atom. The maximum atomic E-state index is 12.3. The predicted octanol–water partition coefficient (Wildman–Crippen LogP) is 1.27. The van der Waals surface area contributed by atoms with Crippen molar-refractivity contribution in [3.05, 3.63) is 53.6 Å². The largest absolute Gasteiger partial charge is 0.484 e. The zero-order valence-corrected chi connectivity index (χ0v) is 18.9. The van der Waals surface area contributed by atoms with Crippen molar-refractivity contribution in [2.24, 2.45) is 0 Å². The monoisotopic (exact) mass is 483 g/mol. The summed E-state index contributed by atoms with van der Waals surface area (Å²) in [6.07, 6.45) is 0. The molecule has 0 heterocycles. The molecule has 0 unspecified atom stereocenters. The van der Waals surface area contributed by atoms with Crippen LogP contribution >= 0.6 is 11.6 Å². The zero-order valence-electron chi connectivity index (χ0n) is 17.3. The Balaban J connectivity index is 1.78. The Hall–Kier alpha value is -3.15. The molecule has 2 aromatic rings. The fourth-order valence-corrected chi connectivity index (χ4v) is 3.65. The third-order valence-corrected chi connectivity index (χ3v) is 6.18. The second kappa shape index (κ2) is 11.5. The summed E-state index contributed by atoms with van der Waals surface area (Å²) in [5, 5.41) is 4.72. The maximum Gasteiger partial charge on any atom is 0.325 e. The Morgan fingerprint density at radius 3 is 2.34 bits per heavy atom. The standard InChI is InChI=1S/C20H22ClN3O7S/c1-24(2)32(28,29)17-10-14(8-9-16(17)21)23-19(26)13-31-20(27)11-22-18(25)12-30-15-6-4-3-5-7-15/h3-10H,11-13H2,1-2H3,(H,22,25)(H,23,26). The first-order valence-corrected chi connectivity index (χ1v) is 11.0. The number of para-hydroxylation sites is 1.